The van der Waals surface area contributed by atoms with E-state index in [2.05, 4.69) is 10.5 Å². The maximum atomic E-state index is 11.5. The van der Waals surface area contributed by atoms with Gasteiger partial charge in [-0.25, -0.2) is 0 Å². The SMILES string of the molecule is NC(CCNC(=O)C1CCCC1)=NO. The summed E-state index contributed by atoms with van der Waals surface area (Å²) in [6.45, 7) is 0.450. The molecule has 1 fully saturated rings. The Hall–Kier alpha value is -1.26. The predicted octanol–water partition coefficient (Wildman–Crippen LogP) is 0.429. The third kappa shape index (κ3) is 3.24. The fourth-order valence-corrected chi connectivity index (χ4v) is 1.70. The molecule has 0 unspecified atom stereocenters. The standard InChI is InChI=1S/C9H17N3O2/c10-8(12-14)5-6-11-9(13)7-3-1-2-4-7/h7,14H,1-6H2,(H2,10,12)(H,11,13). The van der Waals surface area contributed by atoms with Crippen LogP contribution in [0.2, 0.25) is 0 Å². The van der Waals surface area contributed by atoms with Crippen molar-refractivity contribution in [2.24, 2.45) is 16.8 Å². The molecule has 4 N–H and O–H groups in total. The van der Waals surface area contributed by atoms with Gasteiger partial charge in [-0.15, -0.1) is 0 Å². The number of carbonyl (C=O) groups excluding carboxylic acids is 1. The lowest BCUT2D eigenvalue weighted by atomic mass is 10.1. The van der Waals surface area contributed by atoms with Crippen LogP contribution in [0.4, 0.5) is 0 Å². The lowest BCUT2D eigenvalue weighted by Gasteiger charge is -2.09. The highest BCUT2D eigenvalue weighted by Crippen LogP contribution is 2.24. The van der Waals surface area contributed by atoms with Crippen LogP contribution < -0.4 is 11.1 Å². The smallest absolute Gasteiger partial charge is 0.223 e. The Balaban J connectivity index is 2.14. The Labute approximate surface area is 83.3 Å². The molecule has 5 heteroatoms. The zero-order chi connectivity index (χ0) is 10.4. The summed E-state index contributed by atoms with van der Waals surface area (Å²) in [7, 11) is 0. The Kier molecular flexibility index (Phi) is 4.22. The normalized spacial score (nSPS) is 18.4. The first kappa shape index (κ1) is 10.8. The van der Waals surface area contributed by atoms with Gasteiger partial charge in [0.1, 0.15) is 5.84 Å². The van der Waals surface area contributed by atoms with Gasteiger partial charge < -0.3 is 16.3 Å². The van der Waals surface area contributed by atoms with E-state index in [1.54, 1.807) is 0 Å². The molecule has 0 saturated heterocycles. The van der Waals surface area contributed by atoms with E-state index >= 15 is 0 Å². The Morgan fingerprint density at radius 3 is 2.71 bits per heavy atom. The van der Waals surface area contributed by atoms with Gasteiger partial charge in [-0.05, 0) is 12.8 Å². The number of nitrogens with two attached hydrogens (primary N) is 1. The monoisotopic (exact) mass is 199 g/mol. The molecule has 0 aromatic heterocycles. The molecule has 1 rings (SSSR count). The summed E-state index contributed by atoms with van der Waals surface area (Å²) in [6, 6.07) is 0. The van der Waals surface area contributed by atoms with Crippen molar-refractivity contribution in [3.8, 4) is 0 Å². The van der Waals surface area contributed by atoms with Crippen molar-refractivity contribution >= 4 is 11.7 Å². The lowest BCUT2D eigenvalue weighted by molar-refractivity contribution is -0.124. The zero-order valence-corrected chi connectivity index (χ0v) is 8.20. The van der Waals surface area contributed by atoms with E-state index in [1.807, 2.05) is 0 Å². The van der Waals surface area contributed by atoms with Crippen LogP contribution in [0.15, 0.2) is 5.16 Å². The molecular formula is C9H17N3O2. The van der Waals surface area contributed by atoms with Crippen molar-refractivity contribution < 1.29 is 10.0 Å². The molecule has 0 aromatic rings. The van der Waals surface area contributed by atoms with Crippen LogP contribution in [0.5, 0.6) is 0 Å². The number of carbonyl (C=O) groups is 1. The maximum Gasteiger partial charge on any atom is 0.223 e. The number of rotatable bonds is 4. The Bertz CT molecular complexity index is 222. The average molecular weight is 199 g/mol. The van der Waals surface area contributed by atoms with Crippen molar-refractivity contribution in [2.75, 3.05) is 6.54 Å². The highest BCUT2D eigenvalue weighted by molar-refractivity contribution is 5.82. The Morgan fingerprint density at radius 1 is 1.50 bits per heavy atom. The summed E-state index contributed by atoms with van der Waals surface area (Å²) in [6.07, 6.45) is 4.69. The van der Waals surface area contributed by atoms with Gasteiger partial charge in [0.05, 0.1) is 0 Å². The maximum absolute atomic E-state index is 11.5. The second-order valence-corrected chi connectivity index (χ2v) is 3.61. The molecule has 80 valence electrons. The first-order chi connectivity index (χ1) is 6.74. The summed E-state index contributed by atoms with van der Waals surface area (Å²) in [5.74, 6) is 0.437. The van der Waals surface area contributed by atoms with E-state index in [-0.39, 0.29) is 17.7 Å². The molecule has 0 atom stereocenters. The fourth-order valence-electron chi connectivity index (χ4n) is 1.70. The molecule has 5 nitrogen and oxygen atoms in total. The van der Waals surface area contributed by atoms with Gasteiger partial charge in [-0.1, -0.05) is 18.0 Å². The second-order valence-electron chi connectivity index (χ2n) is 3.61. The van der Waals surface area contributed by atoms with Gasteiger partial charge in [-0.2, -0.15) is 0 Å². The van der Waals surface area contributed by atoms with Crippen LogP contribution >= 0.6 is 0 Å². The van der Waals surface area contributed by atoms with Crippen LogP contribution in [0.1, 0.15) is 32.1 Å². The summed E-state index contributed by atoms with van der Waals surface area (Å²) in [5, 5.41) is 13.9. The van der Waals surface area contributed by atoms with Gasteiger partial charge in [0.2, 0.25) is 5.91 Å². The molecular weight excluding hydrogens is 182 g/mol. The molecule has 1 saturated carbocycles. The molecule has 1 aliphatic rings. The van der Waals surface area contributed by atoms with Gasteiger partial charge in [-0.3, -0.25) is 4.79 Å². The zero-order valence-electron chi connectivity index (χ0n) is 8.20. The van der Waals surface area contributed by atoms with Crippen molar-refractivity contribution in [2.45, 2.75) is 32.1 Å². The number of hydrogen-bond donors (Lipinski definition) is 3. The fraction of sp³-hybridized carbons (Fsp3) is 0.778. The van der Waals surface area contributed by atoms with Crippen molar-refractivity contribution in [3.05, 3.63) is 0 Å². The molecule has 0 radical (unpaired) electrons. The number of hydrogen-bond acceptors (Lipinski definition) is 3. The molecule has 0 aliphatic heterocycles. The third-order valence-electron chi connectivity index (χ3n) is 2.53. The highest BCUT2D eigenvalue weighted by Gasteiger charge is 2.21. The van der Waals surface area contributed by atoms with E-state index in [4.69, 9.17) is 10.9 Å². The molecule has 0 spiro atoms. The van der Waals surface area contributed by atoms with E-state index < -0.39 is 0 Å². The first-order valence-corrected chi connectivity index (χ1v) is 4.98. The van der Waals surface area contributed by atoms with Crippen LogP contribution in [0, 0.1) is 5.92 Å². The molecule has 0 aromatic carbocycles. The lowest BCUT2D eigenvalue weighted by Crippen LogP contribution is -2.32. The molecule has 1 amide bonds. The minimum Gasteiger partial charge on any atom is -0.409 e. The third-order valence-corrected chi connectivity index (χ3v) is 2.53. The van der Waals surface area contributed by atoms with Gasteiger partial charge in [0, 0.05) is 18.9 Å². The second kappa shape index (κ2) is 5.47. The van der Waals surface area contributed by atoms with E-state index in [0.717, 1.165) is 25.7 Å². The molecule has 0 heterocycles. The van der Waals surface area contributed by atoms with Crippen LogP contribution in [0.25, 0.3) is 0 Å². The van der Waals surface area contributed by atoms with Gasteiger partial charge in [0.15, 0.2) is 0 Å². The summed E-state index contributed by atoms with van der Waals surface area (Å²) < 4.78 is 0. The van der Waals surface area contributed by atoms with E-state index in [1.165, 1.54) is 0 Å². The van der Waals surface area contributed by atoms with Gasteiger partial charge in [0.25, 0.3) is 0 Å². The predicted molar refractivity (Wildman–Crippen MR) is 53.0 cm³/mol. The van der Waals surface area contributed by atoms with Crippen molar-refractivity contribution in [1.82, 2.24) is 5.32 Å². The number of amides is 1. The number of nitrogens with one attached hydrogen (secondary N) is 1. The van der Waals surface area contributed by atoms with Crippen LogP contribution in [-0.4, -0.2) is 23.5 Å². The quantitative estimate of drug-likeness (QED) is 0.265. The van der Waals surface area contributed by atoms with Crippen LogP contribution in [0.3, 0.4) is 0 Å². The number of nitrogens with zero attached hydrogens (tertiary/aromatic N) is 1. The Morgan fingerprint density at radius 2 is 2.14 bits per heavy atom. The molecule has 1 aliphatic carbocycles. The first-order valence-electron chi connectivity index (χ1n) is 4.98. The number of oxime groups is 1. The number of amidine groups is 1. The summed E-state index contributed by atoms with van der Waals surface area (Å²) in [5.41, 5.74) is 5.26. The molecule has 14 heavy (non-hydrogen) atoms. The van der Waals surface area contributed by atoms with Crippen LogP contribution in [-0.2, 0) is 4.79 Å². The minimum absolute atomic E-state index is 0.105. The van der Waals surface area contributed by atoms with Crippen molar-refractivity contribution in [3.63, 3.8) is 0 Å². The topological polar surface area (TPSA) is 87.7 Å². The summed E-state index contributed by atoms with van der Waals surface area (Å²) >= 11 is 0. The largest absolute Gasteiger partial charge is 0.409 e. The average Bonchev–Trinajstić information content (AvgIpc) is 2.70. The van der Waals surface area contributed by atoms with Gasteiger partial charge >= 0.3 is 0 Å². The van der Waals surface area contributed by atoms with Crippen molar-refractivity contribution in [1.29, 1.82) is 0 Å². The minimum atomic E-state index is 0.105. The van der Waals surface area contributed by atoms with E-state index in [0.29, 0.717) is 13.0 Å². The van der Waals surface area contributed by atoms with E-state index in [9.17, 15) is 4.79 Å². The molecule has 0 bridgehead atoms. The highest BCUT2D eigenvalue weighted by atomic mass is 16.4. The summed E-state index contributed by atoms with van der Waals surface area (Å²) in [4.78, 5) is 11.5.